The number of aliphatic hydroxyl groups is 9. The zero-order chi connectivity index (χ0) is 41.6. The van der Waals surface area contributed by atoms with Crippen LogP contribution in [0, 0.1) is 0 Å². The minimum absolute atomic E-state index is 0.563. The van der Waals surface area contributed by atoms with E-state index >= 15 is 0 Å². The summed E-state index contributed by atoms with van der Waals surface area (Å²) in [6.45, 7) is 1.15. The van der Waals surface area contributed by atoms with Crippen LogP contribution in [0.2, 0.25) is 0 Å². The molecule has 4 heterocycles. The van der Waals surface area contributed by atoms with E-state index in [1.807, 2.05) is 0 Å². The van der Waals surface area contributed by atoms with Gasteiger partial charge in [0.25, 0.3) is 0 Å². The lowest BCUT2D eigenvalue weighted by molar-refractivity contribution is -0.360. The van der Waals surface area contributed by atoms with Crippen molar-refractivity contribution in [1.82, 2.24) is 26.7 Å². The average Bonchev–Trinajstić information content (AvgIpc) is 3.13. The molecule has 0 aliphatic carbocycles. The van der Waals surface area contributed by atoms with Gasteiger partial charge in [0.2, 0.25) is 23.6 Å². The number of carbonyl (C=O) groups excluding carboxylic acids is 4. The fourth-order valence-electron chi connectivity index (χ4n) is 6.88. The number of carbonyl (C=O) groups is 4. The largest absolute Gasteiger partial charge is 0.394 e. The van der Waals surface area contributed by atoms with Crippen LogP contribution < -0.4 is 26.7 Å². The van der Waals surface area contributed by atoms with Gasteiger partial charge in [0.05, 0.1) is 26.4 Å². The SMILES string of the molecule is CC(=O)N[C@H]1NO[C@@H](CO)[C@@H](O[C@@H]2O[C@H](CO)[C@@H](O[C@@H]3O[C@@H](CO)[C@@H](O[C@@H]4O[C@H](CO)[C@@H](O)C(O)[C@H]4NC(C)=O)C(O)[C@H]3NC(C)=O)C(O)[C@H]2NC(C)=O)C1O. The van der Waals surface area contributed by atoms with Crippen LogP contribution in [0.15, 0.2) is 0 Å². The molecule has 56 heavy (non-hydrogen) atoms. The van der Waals surface area contributed by atoms with E-state index in [-0.39, 0.29) is 0 Å². The highest BCUT2D eigenvalue weighted by atomic mass is 16.8. The highest BCUT2D eigenvalue weighted by Crippen LogP contribution is 2.34. The van der Waals surface area contributed by atoms with Crippen LogP contribution in [0.4, 0.5) is 0 Å². The Kier molecular flexibility index (Phi) is 16.6. The second-order valence-corrected chi connectivity index (χ2v) is 13.7. The van der Waals surface area contributed by atoms with E-state index in [1.165, 1.54) is 6.92 Å². The van der Waals surface area contributed by atoms with Crippen molar-refractivity contribution in [3.8, 4) is 0 Å². The standard InChI is InChI=1S/C31H53N5O20/c1-9(41)32-17-21(46)20(45)13(5-37)50-29(17)53-25-14(6-38)51-30(18(22(25)47)33-10(2)42)54-26-15(7-39)52-31(19(23(26)48)34-11(3)43)55-27-16(8-40)56-36-28(24(27)49)35-12(4)44/h13-31,36-40,45-49H,5-8H2,1-4H3,(H,32,41)(H,33,42)(H,34,43)(H,35,44)/t13-,14+,15-,16+,17-,18-,19-,20-,21?,22?,23?,24?,25-,26-,27-,28+,29+,30+,31+/m1/s1. The molecule has 0 aromatic carbocycles. The van der Waals surface area contributed by atoms with Crippen LogP contribution in [-0.4, -0.2) is 212 Å². The first-order valence-corrected chi connectivity index (χ1v) is 17.7. The van der Waals surface area contributed by atoms with E-state index in [9.17, 15) is 65.1 Å². The molecule has 0 bridgehead atoms. The number of aliphatic hydroxyl groups excluding tert-OH is 9. The molecule has 0 aromatic heterocycles. The number of nitrogens with one attached hydrogen (secondary N) is 5. The predicted octanol–water partition coefficient (Wildman–Crippen LogP) is -9.03. The summed E-state index contributed by atoms with van der Waals surface area (Å²) in [5, 5.41) is 105. The van der Waals surface area contributed by atoms with Gasteiger partial charge in [0, 0.05) is 27.7 Å². The second-order valence-electron chi connectivity index (χ2n) is 13.7. The number of hydrogen-bond donors (Lipinski definition) is 14. The van der Waals surface area contributed by atoms with Crippen molar-refractivity contribution in [2.45, 2.75) is 144 Å². The second kappa shape index (κ2) is 20.3. The van der Waals surface area contributed by atoms with E-state index in [2.05, 4.69) is 26.7 Å². The van der Waals surface area contributed by atoms with Crippen LogP contribution in [-0.2, 0) is 52.4 Å². The lowest BCUT2D eigenvalue weighted by Gasteiger charge is -2.50. The molecule has 322 valence electrons. The Hall–Kier alpha value is -2.80. The van der Waals surface area contributed by atoms with Crippen LogP contribution in [0.25, 0.3) is 0 Å². The number of hydrogen-bond acceptors (Lipinski definition) is 21. The molecule has 4 saturated heterocycles. The Morgan fingerprint density at radius 3 is 1.18 bits per heavy atom. The van der Waals surface area contributed by atoms with E-state index in [1.54, 1.807) is 0 Å². The van der Waals surface area contributed by atoms with Crippen LogP contribution in [0.3, 0.4) is 0 Å². The zero-order valence-electron chi connectivity index (χ0n) is 30.8. The molecule has 0 spiro atoms. The molecule has 4 aliphatic rings. The average molecular weight is 816 g/mol. The quantitative estimate of drug-likeness (QED) is 0.0774. The van der Waals surface area contributed by atoms with Crippen molar-refractivity contribution < 1.29 is 98.4 Å². The monoisotopic (exact) mass is 815 g/mol. The highest BCUT2D eigenvalue weighted by molar-refractivity contribution is 5.74. The maximum atomic E-state index is 12.4. The van der Waals surface area contributed by atoms with Crippen LogP contribution >= 0.6 is 0 Å². The first kappa shape index (κ1) is 45.9. The number of hydroxylamine groups is 1. The fraction of sp³-hybridized carbons (Fsp3) is 0.871. The summed E-state index contributed by atoms with van der Waals surface area (Å²) in [5.41, 5.74) is 2.38. The Balaban J connectivity index is 1.60. The summed E-state index contributed by atoms with van der Waals surface area (Å²) in [4.78, 5) is 53.7. The van der Waals surface area contributed by atoms with Gasteiger partial charge in [-0.2, -0.15) is 5.48 Å². The van der Waals surface area contributed by atoms with Gasteiger partial charge >= 0.3 is 0 Å². The lowest BCUT2D eigenvalue weighted by atomic mass is 9.93. The number of rotatable bonds is 14. The maximum absolute atomic E-state index is 12.4. The third-order valence-electron chi connectivity index (χ3n) is 9.50. The molecule has 4 aliphatic heterocycles. The van der Waals surface area contributed by atoms with Gasteiger partial charge in [0.1, 0.15) is 97.5 Å². The number of amides is 4. The smallest absolute Gasteiger partial charge is 0.218 e. The fourth-order valence-corrected chi connectivity index (χ4v) is 6.88. The highest BCUT2D eigenvalue weighted by Gasteiger charge is 2.55. The minimum atomic E-state index is -1.86. The first-order chi connectivity index (χ1) is 26.4. The maximum Gasteiger partial charge on any atom is 0.218 e. The van der Waals surface area contributed by atoms with Crippen LogP contribution in [0.1, 0.15) is 27.7 Å². The van der Waals surface area contributed by atoms with Gasteiger partial charge in [-0.1, -0.05) is 0 Å². The Morgan fingerprint density at radius 1 is 0.482 bits per heavy atom. The third kappa shape index (κ3) is 10.6. The molecule has 4 rings (SSSR count). The topological polar surface area (TPSA) is 375 Å². The van der Waals surface area contributed by atoms with Gasteiger partial charge in [0.15, 0.2) is 18.9 Å². The van der Waals surface area contributed by atoms with Gasteiger partial charge in [-0.25, -0.2) is 0 Å². The number of ether oxygens (including phenoxy) is 6. The molecule has 25 heteroatoms. The molecular weight excluding hydrogens is 762 g/mol. The van der Waals surface area contributed by atoms with Crippen LogP contribution in [0.5, 0.6) is 0 Å². The van der Waals surface area contributed by atoms with E-state index in [0.717, 1.165) is 20.8 Å². The molecule has 4 unspecified atom stereocenters. The molecular formula is C31H53N5O20. The zero-order valence-corrected chi connectivity index (χ0v) is 30.8. The Morgan fingerprint density at radius 2 is 0.821 bits per heavy atom. The molecule has 19 atom stereocenters. The normalized spacial score (nSPS) is 43.0. The van der Waals surface area contributed by atoms with Gasteiger partial charge in [-0.15, -0.1) is 0 Å². The van der Waals surface area contributed by atoms with E-state index < -0.39 is 166 Å². The molecule has 14 N–H and O–H groups in total. The summed E-state index contributed by atoms with van der Waals surface area (Å²) in [5.74, 6) is -2.69. The molecule has 0 aromatic rings. The van der Waals surface area contributed by atoms with Crippen molar-refractivity contribution in [1.29, 1.82) is 0 Å². The van der Waals surface area contributed by atoms with E-state index in [4.69, 9.17) is 33.3 Å². The molecule has 4 fully saturated rings. The predicted molar refractivity (Wildman–Crippen MR) is 177 cm³/mol. The van der Waals surface area contributed by atoms with Crippen molar-refractivity contribution in [2.24, 2.45) is 0 Å². The van der Waals surface area contributed by atoms with Gasteiger partial charge in [-0.05, 0) is 0 Å². The summed E-state index contributed by atoms with van der Waals surface area (Å²) in [6, 6.07) is -4.61. The first-order valence-electron chi connectivity index (χ1n) is 17.7. The molecule has 0 radical (unpaired) electrons. The van der Waals surface area contributed by atoms with Gasteiger partial charge in [-0.3, -0.25) is 24.0 Å². The summed E-state index contributed by atoms with van der Waals surface area (Å²) < 4.78 is 35.3. The lowest BCUT2D eigenvalue weighted by Crippen LogP contribution is -2.71. The Labute approximate surface area is 319 Å². The molecule has 0 saturated carbocycles. The van der Waals surface area contributed by atoms with Crippen molar-refractivity contribution in [2.75, 3.05) is 26.4 Å². The Bertz CT molecular complexity index is 1340. The van der Waals surface area contributed by atoms with Gasteiger partial charge < -0.3 is 95.6 Å². The summed E-state index contributed by atoms with van der Waals surface area (Å²) in [6.07, 6.45) is -25.6. The van der Waals surface area contributed by atoms with E-state index in [0.29, 0.717) is 0 Å². The summed E-state index contributed by atoms with van der Waals surface area (Å²) >= 11 is 0. The minimum Gasteiger partial charge on any atom is -0.394 e. The third-order valence-corrected chi connectivity index (χ3v) is 9.50. The van der Waals surface area contributed by atoms with Crippen molar-refractivity contribution in [3.63, 3.8) is 0 Å². The molecule has 4 amide bonds. The van der Waals surface area contributed by atoms with Crippen molar-refractivity contribution in [3.05, 3.63) is 0 Å². The molecule has 25 nitrogen and oxygen atoms in total. The van der Waals surface area contributed by atoms with Crippen molar-refractivity contribution >= 4 is 23.6 Å². The summed E-state index contributed by atoms with van der Waals surface area (Å²) in [7, 11) is 0.